The zero-order chi connectivity index (χ0) is 14.8. The summed E-state index contributed by atoms with van der Waals surface area (Å²) in [5, 5.41) is 2.17. The van der Waals surface area contributed by atoms with Crippen LogP contribution in [0, 0.1) is 6.92 Å². The van der Waals surface area contributed by atoms with Crippen LogP contribution in [-0.2, 0) is 0 Å². The summed E-state index contributed by atoms with van der Waals surface area (Å²) in [6, 6.07) is 14.2. The molecule has 0 spiro atoms. The molecule has 0 atom stereocenters. The van der Waals surface area contributed by atoms with Crippen LogP contribution in [0.25, 0.3) is 22.0 Å². The fourth-order valence-electron chi connectivity index (χ4n) is 2.57. The zero-order valence-electron chi connectivity index (χ0n) is 12.4. The number of benzene rings is 2. The van der Waals surface area contributed by atoms with Crippen molar-refractivity contribution in [3.63, 3.8) is 0 Å². The minimum absolute atomic E-state index is 0.721. The van der Waals surface area contributed by atoms with Gasteiger partial charge in [-0.15, -0.1) is 0 Å². The maximum atomic E-state index is 5.40. The third kappa shape index (κ3) is 2.31. The van der Waals surface area contributed by atoms with Gasteiger partial charge in [-0.3, -0.25) is 4.98 Å². The van der Waals surface area contributed by atoms with E-state index in [9.17, 15) is 0 Å². The van der Waals surface area contributed by atoms with Gasteiger partial charge in [0.1, 0.15) is 0 Å². The van der Waals surface area contributed by atoms with Crippen LogP contribution in [0.3, 0.4) is 0 Å². The highest BCUT2D eigenvalue weighted by atomic mass is 16.5. The number of hydrogen-bond donors (Lipinski definition) is 0. The predicted octanol–water partition coefficient (Wildman–Crippen LogP) is 4.23. The fraction of sp³-hybridized carbons (Fsp3) is 0.167. The summed E-state index contributed by atoms with van der Waals surface area (Å²) in [4.78, 5) is 4.61. The molecular weight excluding hydrogens is 262 g/mol. The lowest BCUT2D eigenvalue weighted by Gasteiger charge is -2.12. The Morgan fingerprint density at radius 1 is 0.905 bits per heavy atom. The monoisotopic (exact) mass is 279 g/mol. The van der Waals surface area contributed by atoms with Gasteiger partial charge in [0.2, 0.25) is 0 Å². The third-order valence-corrected chi connectivity index (χ3v) is 3.69. The van der Waals surface area contributed by atoms with Crippen LogP contribution >= 0.6 is 0 Å². The molecule has 0 saturated heterocycles. The maximum Gasteiger partial charge on any atom is 0.161 e. The second-order valence-corrected chi connectivity index (χ2v) is 4.89. The smallest absolute Gasteiger partial charge is 0.161 e. The summed E-state index contributed by atoms with van der Waals surface area (Å²) >= 11 is 0. The van der Waals surface area contributed by atoms with Crippen molar-refractivity contribution in [3.05, 3.63) is 54.2 Å². The van der Waals surface area contributed by atoms with Crippen molar-refractivity contribution in [1.29, 1.82) is 0 Å². The minimum Gasteiger partial charge on any atom is -0.493 e. The van der Waals surface area contributed by atoms with Gasteiger partial charge in [-0.25, -0.2) is 0 Å². The van der Waals surface area contributed by atoms with Crippen molar-refractivity contribution in [2.75, 3.05) is 14.2 Å². The molecule has 0 amide bonds. The van der Waals surface area contributed by atoms with Crippen molar-refractivity contribution in [1.82, 2.24) is 4.98 Å². The molecule has 0 unspecified atom stereocenters. The zero-order valence-corrected chi connectivity index (χ0v) is 12.4. The van der Waals surface area contributed by atoms with Gasteiger partial charge < -0.3 is 9.47 Å². The standard InChI is InChI=1S/C18H17NO2/c1-12-15-10-17(21-3)16(20-2)9-14(15)11-19-18(12)13-7-5-4-6-8-13/h4-11H,1-3H3. The SMILES string of the molecule is COc1cc2cnc(-c3ccccc3)c(C)c2cc1OC. The van der Waals surface area contributed by atoms with Crippen LogP contribution < -0.4 is 9.47 Å². The van der Waals surface area contributed by atoms with Crippen LogP contribution in [0.2, 0.25) is 0 Å². The molecular formula is C18H17NO2. The van der Waals surface area contributed by atoms with Crippen molar-refractivity contribution >= 4 is 10.8 Å². The molecule has 21 heavy (non-hydrogen) atoms. The first kappa shape index (κ1) is 13.4. The van der Waals surface area contributed by atoms with Crippen LogP contribution in [0.5, 0.6) is 11.5 Å². The lowest BCUT2D eigenvalue weighted by molar-refractivity contribution is 0.356. The van der Waals surface area contributed by atoms with Crippen LogP contribution in [0.4, 0.5) is 0 Å². The largest absolute Gasteiger partial charge is 0.493 e. The van der Waals surface area contributed by atoms with E-state index in [1.54, 1.807) is 14.2 Å². The van der Waals surface area contributed by atoms with Crippen LogP contribution in [-0.4, -0.2) is 19.2 Å². The second-order valence-electron chi connectivity index (χ2n) is 4.89. The highest BCUT2D eigenvalue weighted by Gasteiger charge is 2.11. The van der Waals surface area contributed by atoms with Gasteiger partial charge >= 0.3 is 0 Å². The quantitative estimate of drug-likeness (QED) is 0.719. The molecule has 0 bridgehead atoms. The number of pyridine rings is 1. The summed E-state index contributed by atoms with van der Waals surface area (Å²) in [6.45, 7) is 2.09. The normalized spacial score (nSPS) is 10.6. The molecule has 0 saturated carbocycles. The van der Waals surface area contributed by atoms with Crippen molar-refractivity contribution in [3.8, 4) is 22.8 Å². The first-order valence-corrected chi connectivity index (χ1v) is 6.81. The summed E-state index contributed by atoms with van der Waals surface area (Å²) in [6.07, 6.45) is 1.88. The number of ether oxygens (including phenoxy) is 2. The molecule has 0 N–H and O–H groups in total. The molecule has 3 heteroatoms. The second kappa shape index (κ2) is 5.44. The van der Waals surface area contributed by atoms with Crippen molar-refractivity contribution in [2.45, 2.75) is 6.92 Å². The van der Waals surface area contributed by atoms with Gasteiger partial charge in [-0.2, -0.15) is 0 Å². The minimum atomic E-state index is 0.721. The number of fused-ring (bicyclic) bond motifs is 1. The first-order valence-electron chi connectivity index (χ1n) is 6.81. The van der Waals surface area contributed by atoms with E-state index < -0.39 is 0 Å². The Balaban J connectivity index is 2.25. The summed E-state index contributed by atoms with van der Waals surface area (Å²) in [5.41, 5.74) is 3.25. The summed E-state index contributed by atoms with van der Waals surface area (Å²) in [5.74, 6) is 1.46. The van der Waals surface area contributed by atoms with Gasteiger partial charge in [-0.1, -0.05) is 30.3 Å². The molecule has 2 aromatic carbocycles. The van der Waals surface area contributed by atoms with Crippen LogP contribution in [0.1, 0.15) is 5.56 Å². The topological polar surface area (TPSA) is 31.4 Å². The van der Waals surface area contributed by atoms with E-state index in [-0.39, 0.29) is 0 Å². The molecule has 3 aromatic rings. The van der Waals surface area contributed by atoms with E-state index in [1.165, 1.54) is 0 Å². The highest BCUT2D eigenvalue weighted by molar-refractivity contribution is 5.92. The van der Waals surface area contributed by atoms with Gasteiger partial charge in [0.15, 0.2) is 11.5 Å². The molecule has 0 aliphatic rings. The number of hydrogen-bond acceptors (Lipinski definition) is 3. The molecule has 1 aromatic heterocycles. The Morgan fingerprint density at radius 2 is 1.57 bits per heavy atom. The molecule has 0 aliphatic carbocycles. The summed E-state index contributed by atoms with van der Waals surface area (Å²) in [7, 11) is 3.29. The highest BCUT2D eigenvalue weighted by Crippen LogP contribution is 2.35. The average Bonchev–Trinajstić information content (AvgIpc) is 2.55. The molecule has 1 heterocycles. The molecule has 0 fully saturated rings. The van der Waals surface area contributed by atoms with Crippen LogP contribution in [0.15, 0.2) is 48.7 Å². The molecule has 0 radical (unpaired) electrons. The van der Waals surface area contributed by atoms with Gasteiger partial charge in [0.25, 0.3) is 0 Å². The molecule has 106 valence electrons. The first-order chi connectivity index (χ1) is 10.2. The predicted molar refractivity (Wildman–Crippen MR) is 85.0 cm³/mol. The lowest BCUT2D eigenvalue weighted by Crippen LogP contribution is -1.94. The van der Waals surface area contributed by atoms with E-state index in [0.29, 0.717) is 0 Å². The van der Waals surface area contributed by atoms with E-state index in [2.05, 4.69) is 24.0 Å². The number of methoxy groups -OCH3 is 2. The summed E-state index contributed by atoms with van der Waals surface area (Å²) < 4.78 is 10.7. The maximum absolute atomic E-state index is 5.40. The van der Waals surface area contributed by atoms with Gasteiger partial charge in [0, 0.05) is 17.1 Å². The third-order valence-electron chi connectivity index (χ3n) is 3.69. The number of aryl methyl sites for hydroxylation is 1. The van der Waals surface area contributed by atoms with E-state index >= 15 is 0 Å². The lowest BCUT2D eigenvalue weighted by atomic mass is 10.0. The van der Waals surface area contributed by atoms with Gasteiger partial charge in [-0.05, 0) is 30.0 Å². The van der Waals surface area contributed by atoms with Crippen molar-refractivity contribution < 1.29 is 9.47 Å². The van der Waals surface area contributed by atoms with E-state index in [0.717, 1.165) is 39.1 Å². The number of nitrogens with zero attached hydrogens (tertiary/aromatic N) is 1. The number of aromatic nitrogens is 1. The van der Waals surface area contributed by atoms with E-state index in [4.69, 9.17) is 9.47 Å². The van der Waals surface area contributed by atoms with E-state index in [1.807, 2.05) is 36.5 Å². The Morgan fingerprint density at radius 3 is 2.24 bits per heavy atom. The Bertz CT molecular complexity index is 782. The molecule has 3 rings (SSSR count). The molecule has 0 aliphatic heterocycles. The van der Waals surface area contributed by atoms with Crippen molar-refractivity contribution in [2.24, 2.45) is 0 Å². The fourth-order valence-corrected chi connectivity index (χ4v) is 2.57. The Labute approximate surface area is 124 Å². The van der Waals surface area contributed by atoms with Gasteiger partial charge in [0.05, 0.1) is 19.9 Å². The Hall–Kier alpha value is -2.55. The average molecular weight is 279 g/mol. The number of rotatable bonds is 3. The molecule has 3 nitrogen and oxygen atoms in total. The Kier molecular flexibility index (Phi) is 3.48.